The van der Waals surface area contributed by atoms with Gasteiger partial charge in [0.15, 0.2) is 0 Å². The predicted octanol–water partition coefficient (Wildman–Crippen LogP) is 3.76. The maximum atomic E-state index is 12.3. The van der Waals surface area contributed by atoms with Crippen LogP contribution in [-0.4, -0.2) is 46.2 Å². The summed E-state index contributed by atoms with van der Waals surface area (Å²) in [6.45, 7) is 0.185. The summed E-state index contributed by atoms with van der Waals surface area (Å²) in [4.78, 5) is 24.6. The van der Waals surface area contributed by atoms with Crippen molar-refractivity contribution in [2.45, 2.75) is 12.0 Å². The predicted molar refractivity (Wildman–Crippen MR) is 103 cm³/mol. The fourth-order valence-corrected chi connectivity index (χ4v) is 4.13. The molecule has 1 aliphatic carbocycles. The third-order valence-corrected chi connectivity index (χ3v) is 5.36. The second-order valence-corrected chi connectivity index (χ2v) is 6.80. The van der Waals surface area contributed by atoms with E-state index >= 15 is 0 Å². The number of halogens is 1. The molecule has 0 fully saturated rings. The first kappa shape index (κ1) is 17.7. The molecular weight excluding hydrogens is 433 g/mol. The fourth-order valence-electron chi connectivity index (χ4n) is 3.16. The Bertz CT molecular complexity index is 762. The lowest BCUT2D eigenvalue weighted by atomic mass is 9.98. The summed E-state index contributed by atoms with van der Waals surface area (Å²) in [7, 11) is 1.45. The molecule has 2 aromatic carbocycles. The normalized spacial score (nSPS) is 13.7. The van der Waals surface area contributed by atoms with Crippen LogP contribution in [0.15, 0.2) is 48.5 Å². The van der Waals surface area contributed by atoms with Crippen LogP contribution in [0.2, 0.25) is 0 Å². The van der Waals surface area contributed by atoms with Crippen LogP contribution in [0.5, 0.6) is 0 Å². The smallest absolute Gasteiger partial charge is 0.410 e. The molecule has 0 radical (unpaired) electrons. The number of rotatable bonds is 5. The number of ether oxygens (including phenoxy) is 1. The van der Waals surface area contributed by atoms with Crippen LogP contribution in [-0.2, 0) is 9.53 Å². The second kappa shape index (κ2) is 7.43. The van der Waals surface area contributed by atoms with Crippen LogP contribution in [0.4, 0.5) is 4.79 Å². The summed E-state index contributed by atoms with van der Waals surface area (Å²) >= 11 is 1.95. The van der Waals surface area contributed by atoms with E-state index in [0.717, 1.165) is 27.2 Å². The number of amides is 1. The summed E-state index contributed by atoms with van der Waals surface area (Å²) in [6.07, 6.45) is -0.620. The average Bonchev–Trinajstić information content (AvgIpc) is 2.94. The quantitative estimate of drug-likeness (QED) is 0.556. The number of carboxylic acid groups (broad SMARTS) is 1. The number of carbonyl (C=O) groups excluding carboxylic acids is 1. The molecule has 6 heteroatoms. The lowest BCUT2D eigenvalue weighted by molar-refractivity contribution is -0.141. The van der Waals surface area contributed by atoms with Gasteiger partial charge in [0, 0.05) is 17.4 Å². The SMILES string of the molecule is CN(C(=O)OCC1c2ccccc2-c2ccccc21)[C@H](CI)C(=O)O. The highest BCUT2D eigenvalue weighted by Crippen LogP contribution is 2.44. The third kappa shape index (κ3) is 3.35. The van der Waals surface area contributed by atoms with Gasteiger partial charge in [0.2, 0.25) is 0 Å². The van der Waals surface area contributed by atoms with Gasteiger partial charge in [-0.05, 0) is 22.3 Å². The minimum Gasteiger partial charge on any atom is -0.480 e. The Labute approximate surface area is 159 Å². The van der Waals surface area contributed by atoms with Crippen molar-refractivity contribution >= 4 is 34.7 Å². The first-order chi connectivity index (χ1) is 12.0. The van der Waals surface area contributed by atoms with Crippen molar-refractivity contribution in [1.29, 1.82) is 0 Å². The minimum absolute atomic E-state index is 0.0346. The molecule has 0 saturated carbocycles. The molecule has 1 atom stereocenters. The summed E-state index contributed by atoms with van der Waals surface area (Å²) in [6, 6.07) is 15.3. The molecule has 0 aliphatic heterocycles. The zero-order chi connectivity index (χ0) is 18.0. The number of alkyl halides is 1. The van der Waals surface area contributed by atoms with Crippen molar-refractivity contribution in [1.82, 2.24) is 4.90 Å². The van der Waals surface area contributed by atoms with E-state index in [0.29, 0.717) is 4.43 Å². The molecule has 3 rings (SSSR count). The molecular formula is C19H18INO4. The number of carboxylic acids is 1. The number of hydrogen-bond donors (Lipinski definition) is 1. The molecule has 0 heterocycles. The Hall–Kier alpha value is -2.09. The van der Waals surface area contributed by atoms with E-state index in [1.165, 1.54) is 7.05 Å². The van der Waals surface area contributed by atoms with E-state index in [9.17, 15) is 14.7 Å². The van der Waals surface area contributed by atoms with E-state index < -0.39 is 18.1 Å². The van der Waals surface area contributed by atoms with Gasteiger partial charge in [0.05, 0.1) is 0 Å². The molecule has 0 saturated heterocycles. The van der Waals surface area contributed by atoms with Crippen molar-refractivity contribution in [3.8, 4) is 11.1 Å². The maximum absolute atomic E-state index is 12.3. The highest BCUT2D eigenvalue weighted by atomic mass is 127. The van der Waals surface area contributed by atoms with E-state index in [-0.39, 0.29) is 12.5 Å². The summed E-state index contributed by atoms with van der Waals surface area (Å²) in [5.74, 6) is -1.07. The third-order valence-electron chi connectivity index (χ3n) is 4.52. The van der Waals surface area contributed by atoms with Crippen LogP contribution in [0, 0.1) is 0 Å². The van der Waals surface area contributed by atoms with Gasteiger partial charge in [-0.15, -0.1) is 0 Å². The second-order valence-electron chi connectivity index (χ2n) is 5.92. The standard InChI is InChI=1S/C19H18INO4/c1-21(17(10-20)18(22)23)19(24)25-11-16-14-8-4-2-6-12(14)13-7-3-5-9-15(13)16/h2-9,16-17H,10-11H2,1H3,(H,22,23)/t17-/m1/s1. The molecule has 1 N–H and O–H groups in total. The Morgan fingerprint density at radius 2 is 1.64 bits per heavy atom. The molecule has 0 bridgehead atoms. The molecule has 1 amide bonds. The lowest BCUT2D eigenvalue weighted by Gasteiger charge is -2.23. The van der Waals surface area contributed by atoms with E-state index in [4.69, 9.17) is 4.74 Å². The Morgan fingerprint density at radius 1 is 1.12 bits per heavy atom. The minimum atomic E-state index is -1.04. The molecule has 1 aliphatic rings. The number of aliphatic carboxylic acids is 1. The van der Waals surface area contributed by atoms with Crippen molar-refractivity contribution < 1.29 is 19.4 Å². The van der Waals surface area contributed by atoms with Gasteiger partial charge >= 0.3 is 12.1 Å². The van der Waals surface area contributed by atoms with Crippen LogP contribution in [0.3, 0.4) is 0 Å². The molecule has 5 nitrogen and oxygen atoms in total. The number of carbonyl (C=O) groups is 2. The van der Waals surface area contributed by atoms with Crippen molar-refractivity contribution in [2.24, 2.45) is 0 Å². The van der Waals surface area contributed by atoms with E-state index in [1.807, 2.05) is 59.0 Å². The van der Waals surface area contributed by atoms with Crippen LogP contribution in [0.1, 0.15) is 17.0 Å². The molecule has 0 unspecified atom stereocenters. The Kier molecular flexibility index (Phi) is 5.27. The van der Waals surface area contributed by atoms with Gasteiger partial charge < -0.3 is 9.84 Å². The summed E-state index contributed by atoms with van der Waals surface area (Å²) < 4.78 is 5.75. The number of fused-ring (bicyclic) bond motifs is 3. The molecule has 0 spiro atoms. The topological polar surface area (TPSA) is 66.8 Å². The van der Waals surface area contributed by atoms with E-state index in [1.54, 1.807) is 0 Å². The monoisotopic (exact) mass is 451 g/mol. The number of likely N-dealkylation sites (N-methyl/N-ethyl adjacent to an activating group) is 1. The van der Waals surface area contributed by atoms with Gasteiger partial charge in [0.1, 0.15) is 12.6 Å². The molecule has 0 aromatic heterocycles. The van der Waals surface area contributed by atoms with Gasteiger partial charge in [0.25, 0.3) is 0 Å². The number of benzene rings is 2. The average molecular weight is 451 g/mol. The molecule has 2 aromatic rings. The lowest BCUT2D eigenvalue weighted by Crippen LogP contribution is -2.44. The molecule has 25 heavy (non-hydrogen) atoms. The maximum Gasteiger partial charge on any atom is 0.410 e. The largest absolute Gasteiger partial charge is 0.480 e. The van der Waals surface area contributed by atoms with Crippen molar-refractivity contribution in [3.05, 3.63) is 59.7 Å². The van der Waals surface area contributed by atoms with Crippen LogP contribution in [0.25, 0.3) is 11.1 Å². The van der Waals surface area contributed by atoms with Crippen LogP contribution >= 0.6 is 22.6 Å². The van der Waals surface area contributed by atoms with Gasteiger partial charge in [-0.25, -0.2) is 9.59 Å². The Morgan fingerprint density at radius 3 is 2.12 bits per heavy atom. The first-order valence-corrected chi connectivity index (χ1v) is 9.43. The van der Waals surface area contributed by atoms with E-state index in [2.05, 4.69) is 12.1 Å². The summed E-state index contributed by atoms with van der Waals surface area (Å²) in [5, 5.41) is 9.18. The number of nitrogens with zero attached hydrogens (tertiary/aromatic N) is 1. The fraction of sp³-hybridized carbons (Fsp3) is 0.263. The highest BCUT2D eigenvalue weighted by Gasteiger charge is 2.31. The number of hydrogen-bond acceptors (Lipinski definition) is 3. The zero-order valence-electron chi connectivity index (χ0n) is 13.7. The first-order valence-electron chi connectivity index (χ1n) is 7.91. The highest BCUT2D eigenvalue weighted by molar-refractivity contribution is 14.1. The van der Waals surface area contributed by atoms with Crippen molar-refractivity contribution in [3.63, 3.8) is 0 Å². The van der Waals surface area contributed by atoms with Gasteiger partial charge in [-0.1, -0.05) is 71.1 Å². The van der Waals surface area contributed by atoms with Gasteiger partial charge in [-0.2, -0.15) is 0 Å². The molecule has 130 valence electrons. The van der Waals surface area contributed by atoms with Gasteiger partial charge in [-0.3, -0.25) is 4.90 Å². The Balaban J connectivity index is 1.78. The van der Waals surface area contributed by atoms with Crippen molar-refractivity contribution in [2.75, 3.05) is 18.1 Å². The van der Waals surface area contributed by atoms with Crippen LogP contribution < -0.4 is 0 Å². The summed E-state index contributed by atoms with van der Waals surface area (Å²) in [5.41, 5.74) is 4.57. The zero-order valence-corrected chi connectivity index (χ0v) is 15.8.